The van der Waals surface area contributed by atoms with Crippen molar-refractivity contribution in [2.24, 2.45) is 7.05 Å². The second kappa shape index (κ2) is 6.34. The largest absolute Gasteiger partial charge is 0.167 e. The molecule has 3 heteroatoms. The Kier molecular flexibility index (Phi) is 4.51. The lowest BCUT2D eigenvalue weighted by molar-refractivity contribution is -0.661. The summed E-state index contributed by atoms with van der Waals surface area (Å²) in [4.78, 5) is 0. The van der Waals surface area contributed by atoms with Crippen LogP contribution in [-0.4, -0.2) is 9.90 Å². The minimum atomic E-state index is 1.11. The number of hydrogen-bond donors (Lipinski definition) is 0. The molecule has 1 aromatic carbocycles. The number of aryl methyl sites for hydroxylation is 2. The molecule has 18 heavy (non-hydrogen) atoms. The first-order valence-corrected chi connectivity index (χ1v) is 6.81. The van der Waals surface area contributed by atoms with E-state index in [-0.39, 0.29) is 0 Å². The summed E-state index contributed by atoms with van der Waals surface area (Å²) in [5, 5.41) is 4.51. The van der Waals surface area contributed by atoms with Gasteiger partial charge in [0.1, 0.15) is 7.05 Å². The van der Waals surface area contributed by atoms with Crippen LogP contribution in [0.25, 0.3) is 5.69 Å². The molecule has 0 saturated heterocycles. The normalized spacial score (nSPS) is 10.8. The van der Waals surface area contributed by atoms with Crippen LogP contribution in [0.15, 0.2) is 36.5 Å². The van der Waals surface area contributed by atoms with E-state index in [0.29, 0.717) is 0 Å². The average Bonchev–Trinajstić information content (AvgIpc) is 2.77. The van der Waals surface area contributed by atoms with Gasteiger partial charge in [-0.1, -0.05) is 44.4 Å². The standard InChI is InChI=1S/C15H22N3/c1-3-4-5-7-12-15-13-18(16-17(15)2)14-10-8-6-9-11-14/h6,8-11,13H,3-5,7,12H2,1-2H3/q+1. The fourth-order valence-electron chi connectivity index (χ4n) is 2.12. The first kappa shape index (κ1) is 12.8. The molecule has 1 aromatic heterocycles. The van der Waals surface area contributed by atoms with Gasteiger partial charge < -0.3 is 0 Å². The van der Waals surface area contributed by atoms with Gasteiger partial charge in [0.2, 0.25) is 0 Å². The molecule has 96 valence electrons. The highest BCUT2D eigenvalue weighted by Crippen LogP contribution is 2.06. The molecule has 0 aliphatic rings. The van der Waals surface area contributed by atoms with Crippen LogP contribution in [0.2, 0.25) is 0 Å². The summed E-state index contributed by atoms with van der Waals surface area (Å²) in [6.07, 6.45) is 8.44. The molecule has 0 N–H and O–H groups in total. The van der Waals surface area contributed by atoms with E-state index in [2.05, 4.69) is 30.5 Å². The maximum absolute atomic E-state index is 4.51. The van der Waals surface area contributed by atoms with Crippen molar-refractivity contribution < 1.29 is 4.68 Å². The second-order valence-electron chi connectivity index (χ2n) is 4.72. The molecule has 0 aliphatic carbocycles. The summed E-state index contributed by atoms with van der Waals surface area (Å²) in [5.74, 6) is 0. The van der Waals surface area contributed by atoms with Gasteiger partial charge >= 0.3 is 0 Å². The molecule has 0 spiro atoms. The Labute approximate surface area is 109 Å². The first-order valence-electron chi connectivity index (χ1n) is 6.81. The van der Waals surface area contributed by atoms with Crippen molar-refractivity contribution >= 4 is 0 Å². The molecule has 2 rings (SSSR count). The zero-order chi connectivity index (χ0) is 12.8. The van der Waals surface area contributed by atoms with Crippen LogP contribution in [0.3, 0.4) is 0 Å². The number of unbranched alkanes of at least 4 members (excludes halogenated alkanes) is 3. The SMILES string of the molecule is CCCCCCc1c[n+](-c2ccccc2)nn1C. The van der Waals surface area contributed by atoms with Crippen molar-refractivity contribution in [3.05, 3.63) is 42.2 Å². The summed E-state index contributed by atoms with van der Waals surface area (Å²) >= 11 is 0. The Morgan fingerprint density at radius 1 is 1.11 bits per heavy atom. The zero-order valence-electron chi connectivity index (χ0n) is 11.3. The fourth-order valence-corrected chi connectivity index (χ4v) is 2.12. The summed E-state index contributed by atoms with van der Waals surface area (Å²) in [5.41, 5.74) is 2.42. The summed E-state index contributed by atoms with van der Waals surface area (Å²) < 4.78 is 3.94. The van der Waals surface area contributed by atoms with Gasteiger partial charge in [0.15, 0.2) is 17.6 Å². The van der Waals surface area contributed by atoms with Gasteiger partial charge in [-0.15, -0.1) is 9.36 Å². The zero-order valence-corrected chi connectivity index (χ0v) is 11.3. The maximum atomic E-state index is 4.51. The Bertz CT molecular complexity index is 474. The van der Waals surface area contributed by atoms with Crippen LogP contribution in [0, 0.1) is 0 Å². The third kappa shape index (κ3) is 3.19. The number of para-hydroxylation sites is 1. The Hall–Kier alpha value is -1.64. The van der Waals surface area contributed by atoms with E-state index in [0.717, 1.165) is 12.1 Å². The van der Waals surface area contributed by atoms with Gasteiger partial charge in [-0.25, -0.2) is 0 Å². The molecule has 1 heterocycles. The van der Waals surface area contributed by atoms with Crippen LogP contribution in [0.1, 0.15) is 38.3 Å². The molecule has 0 atom stereocenters. The minimum Gasteiger partial charge on any atom is -0.137 e. The molecule has 0 bridgehead atoms. The predicted octanol–water partition coefficient (Wildman–Crippen LogP) is 2.82. The highest BCUT2D eigenvalue weighted by atomic mass is 15.5. The van der Waals surface area contributed by atoms with Crippen molar-refractivity contribution in [1.29, 1.82) is 0 Å². The molecule has 3 nitrogen and oxygen atoms in total. The molecule has 2 aromatic rings. The van der Waals surface area contributed by atoms with Gasteiger partial charge in [0.25, 0.3) is 0 Å². The topological polar surface area (TPSA) is 21.7 Å². The van der Waals surface area contributed by atoms with E-state index in [4.69, 9.17) is 0 Å². The minimum absolute atomic E-state index is 1.11. The summed E-state index contributed by atoms with van der Waals surface area (Å²) in [6.45, 7) is 2.24. The lowest BCUT2D eigenvalue weighted by Crippen LogP contribution is -2.32. The van der Waals surface area contributed by atoms with E-state index >= 15 is 0 Å². The molecule has 0 unspecified atom stereocenters. The van der Waals surface area contributed by atoms with Crippen LogP contribution < -0.4 is 4.68 Å². The molecule has 0 aliphatic heterocycles. The number of nitrogens with zero attached hydrogens (tertiary/aromatic N) is 3. The molecular weight excluding hydrogens is 222 g/mol. The molecule has 0 fully saturated rings. The molecule has 0 amide bonds. The Balaban J connectivity index is 2.03. The summed E-state index contributed by atoms with van der Waals surface area (Å²) in [6, 6.07) is 10.3. The van der Waals surface area contributed by atoms with Gasteiger partial charge in [-0.3, -0.25) is 0 Å². The van der Waals surface area contributed by atoms with Crippen molar-refractivity contribution in [3.8, 4) is 5.69 Å². The molecule has 0 radical (unpaired) electrons. The highest BCUT2D eigenvalue weighted by Gasteiger charge is 2.13. The monoisotopic (exact) mass is 244 g/mol. The van der Waals surface area contributed by atoms with E-state index < -0.39 is 0 Å². The lowest BCUT2D eigenvalue weighted by atomic mass is 10.1. The Morgan fingerprint density at radius 3 is 2.61 bits per heavy atom. The number of benzene rings is 1. The van der Waals surface area contributed by atoms with Crippen molar-refractivity contribution in [2.45, 2.75) is 39.0 Å². The van der Waals surface area contributed by atoms with E-state index in [9.17, 15) is 0 Å². The van der Waals surface area contributed by atoms with Crippen LogP contribution in [-0.2, 0) is 13.5 Å². The molecular formula is C15H22N3+. The van der Waals surface area contributed by atoms with Crippen molar-refractivity contribution in [2.75, 3.05) is 0 Å². The predicted molar refractivity (Wildman–Crippen MR) is 72.6 cm³/mol. The third-order valence-corrected chi connectivity index (χ3v) is 3.22. The summed E-state index contributed by atoms with van der Waals surface area (Å²) in [7, 11) is 2.02. The van der Waals surface area contributed by atoms with Gasteiger partial charge in [0.05, 0.1) is 5.21 Å². The van der Waals surface area contributed by atoms with E-state index in [1.165, 1.54) is 31.4 Å². The number of aromatic nitrogens is 3. The van der Waals surface area contributed by atoms with E-state index in [1.807, 2.05) is 34.6 Å². The van der Waals surface area contributed by atoms with E-state index in [1.54, 1.807) is 0 Å². The van der Waals surface area contributed by atoms with Crippen LogP contribution >= 0.6 is 0 Å². The number of hydrogen-bond acceptors (Lipinski definition) is 1. The van der Waals surface area contributed by atoms with Crippen LogP contribution in [0.5, 0.6) is 0 Å². The van der Waals surface area contributed by atoms with Crippen molar-refractivity contribution in [3.63, 3.8) is 0 Å². The maximum Gasteiger partial charge on any atom is 0.167 e. The quantitative estimate of drug-likeness (QED) is 0.565. The smallest absolute Gasteiger partial charge is 0.137 e. The van der Waals surface area contributed by atoms with Gasteiger partial charge in [-0.05, 0) is 18.6 Å². The third-order valence-electron chi connectivity index (χ3n) is 3.22. The van der Waals surface area contributed by atoms with Gasteiger partial charge in [-0.2, -0.15) is 0 Å². The van der Waals surface area contributed by atoms with Crippen molar-refractivity contribution in [1.82, 2.24) is 9.90 Å². The highest BCUT2D eigenvalue weighted by molar-refractivity contribution is 5.20. The van der Waals surface area contributed by atoms with Crippen LogP contribution in [0.4, 0.5) is 0 Å². The first-order chi connectivity index (χ1) is 8.81. The number of rotatable bonds is 6. The average molecular weight is 244 g/mol. The molecule has 0 saturated carbocycles. The lowest BCUT2D eigenvalue weighted by Gasteiger charge is -1.95. The van der Waals surface area contributed by atoms with Gasteiger partial charge in [0, 0.05) is 6.42 Å². The Morgan fingerprint density at radius 2 is 1.89 bits per heavy atom. The second-order valence-corrected chi connectivity index (χ2v) is 4.72. The fraction of sp³-hybridized carbons (Fsp3) is 0.467.